The van der Waals surface area contributed by atoms with Gasteiger partial charge in [0.25, 0.3) is 0 Å². The Morgan fingerprint density at radius 2 is 1.76 bits per heavy atom. The summed E-state index contributed by atoms with van der Waals surface area (Å²) in [4.78, 5) is 57.3. The number of anilines is 1. The van der Waals surface area contributed by atoms with Gasteiger partial charge in [-0.05, 0) is 31.5 Å². The zero-order valence-electron chi connectivity index (χ0n) is 19.2. The van der Waals surface area contributed by atoms with Gasteiger partial charge in [-0.3, -0.25) is 24.1 Å². The van der Waals surface area contributed by atoms with Crippen LogP contribution in [0.15, 0.2) is 54.6 Å². The molecule has 2 aromatic rings. The van der Waals surface area contributed by atoms with Crippen molar-refractivity contribution < 1.29 is 23.9 Å². The summed E-state index contributed by atoms with van der Waals surface area (Å²) in [5.41, 5.74) is 0.810. The molecule has 0 saturated carbocycles. The molecule has 3 aliphatic heterocycles. The number of ether oxygens (including phenoxy) is 1. The van der Waals surface area contributed by atoms with Crippen LogP contribution in [0.1, 0.15) is 30.5 Å². The Kier molecular flexibility index (Phi) is 5.48. The van der Waals surface area contributed by atoms with Gasteiger partial charge in [0.2, 0.25) is 17.7 Å². The highest BCUT2D eigenvalue weighted by Gasteiger charge is 2.73. The molecule has 4 atom stereocenters. The lowest BCUT2D eigenvalue weighted by atomic mass is 9.76. The summed E-state index contributed by atoms with van der Waals surface area (Å²) in [5, 5.41) is 2.85. The molecule has 8 nitrogen and oxygen atoms in total. The second-order valence-corrected chi connectivity index (χ2v) is 9.06. The molecule has 3 fully saturated rings. The maximum absolute atomic E-state index is 14.0. The van der Waals surface area contributed by atoms with Crippen LogP contribution in [0.3, 0.4) is 0 Å². The molecule has 176 valence electrons. The van der Waals surface area contributed by atoms with Gasteiger partial charge in [-0.2, -0.15) is 0 Å². The van der Waals surface area contributed by atoms with Gasteiger partial charge in [-0.1, -0.05) is 48.0 Å². The molecule has 3 amide bonds. The minimum Gasteiger partial charge on any atom is -0.466 e. The summed E-state index contributed by atoms with van der Waals surface area (Å²) in [7, 11) is 0. The Hall–Kier alpha value is -3.52. The molecule has 0 radical (unpaired) electrons. The number of piperazine rings is 1. The molecule has 0 bridgehead atoms. The van der Waals surface area contributed by atoms with E-state index in [1.165, 1.54) is 4.90 Å². The number of benzene rings is 2. The Balaban J connectivity index is 1.68. The molecule has 0 spiro atoms. The molecule has 5 rings (SSSR count). The summed E-state index contributed by atoms with van der Waals surface area (Å²) in [6, 6.07) is 16.1. The zero-order chi connectivity index (χ0) is 24.0. The van der Waals surface area contributed by atoms with E-state index in [2.05, 4.69) is 5.32 Å². The van der Waals surface area contributed by atoms with Crippen molar-refractivity contribution in [3.05, 3.63) is 65.7 Å². The molecule has 3 aliphatic rings. The summed E-state index contributed by atoms with van der Waals surface area (Å²) in [6.07, 6.45) is -0.294. The highest BCUT2D eigenvalue weighted by molar-refractivity contribution is 6.24. The number of hydrogen-bond acceptors (Lipinski definition) is 6. The van der Waals surface area contributed by atoms with Crippen LogP contribution in [0.25, 0.3) is 0 Å². The van der Waals surface area contributed by atoms with E-state index in [1.807, 2.05) is 54.3 Å². The molecule has 0 aliphatic carbocycles. The van der Waals surface area contributed by atoms with Gasteiger partial charge in [0.05, 0.1) is 30.6 Å². The average Bonchev–Trinajstić information content (AvgIpc) is 3.26. The fourth-order valence-electron chi connectivity index (χ4n) is 5.90. The molecule has 8 heteroatoms. The first-order valence-corrected chi connectivity index (χ1v) is 11.6. The number of imide groups is 1. The molecule has 1 N–H and O–H groups in total. The van der Waals surface area contributed by atoms with E-state index in [0.29, 0.717) is 18.8 Å². The number of amides is 3. The Morgan fingerprint density at radius 1 is 1.06 bits per heavy atom. The number of aryl methyl sites for hydroxylation is 1. The fraction of sp³-hybridized carbons (Fsp3) is 0.385. The first kappa shape index (κ1) is 22.3. The lowest BCUT2D eigenvalue weighted by molar-refractivity contribution is -0.156. The van der Waals surface area contributed by atoms with Crippen molar-refractivity contribution in [1.29, 1.82) is 0 Å². The Bertz CT molecular complexity index is 1150. The second kappa shape index (κ2) is 8.36. The van der Waals surface area contributed by atoms with E-state index in [4.69, 9.17) is 4.74 Å². The van der Waals surface area contributed by atoms with Crippen molar-refractivity contribution in [2.45, 2.75) is 31.8 Å². The normalized spacial score (nSPS) is 28.5. The summed E-state index contributed by atoms with van der Waals surface area (Å²) >= 11 is 0. The molecule has 2 aromatic carbocycles. The van der Waals surface area contributed by atoms with Crippen LogP contribution >= 0.6 is 0 Å². The van der Waals surface area contributed by atoms with Crippen molar-refractivity contribution >= 4 is 29.4 Å². The third-order valence-corrected chi connectivity index (χ3v) is 7.24. The van der Waals surface area contributed by atoms with Crippen LogP contribution in [0.2, 0.25) is 0 Å². The van der Waals surface area contributed by atoms with E-state index in [9.17, 15) is 19.2 Å². The van der Waals surface area contributed by atoms with Crippen LogP contribution in [0.5, 0.6) is 0 Å². The Labute approximate surface area is 197 Å². The quantitative estimate of drug-likeness (QED) is 0.540. The van der Waals surface area contributed by atoms with E-state index >= 15 is 0 Å². The summed E-state index contributed by atoms with van der Waals surface area (Å²) in [6.45, 7) is 4.58. The minimum absolute atomic E-state index is 0.162. The molecule has 0 aromatic heterocycles. The van der Waals surface area contributed by atoms with Gasteiger partial charge in [-0.15, -0.1) is 0 Å². The summed E-state index contributed by atoms with van der Waals surface area (Å²) in [5.74, 6) is -3.58. The molecule has 3 heterocycles. The van der Waals surface area contributed by atoms with Gasteiger partial charge >= 0.3 is 5.97 Å². The smallest absolute Gasteiger partial charge is 0.308 e. The van der Waals surface area contributed by atoms with Gasteiger partial charge in [0.15, 0.2) is 0 Å². The van der Waals surface area contributed by atoms with E-state index in [1.54, 1.807) is 19.1 Å². The van der Waals surface area contributed by atoms with Crippen LogP contribution in [0, 0.1) is 18.8 Å². The molecular formula is C26H27N3O5. The minimum atomic E-state index is -1.50. The number of fused-ring (bicyclic) bond motifs is 3. The number of carbonyl (C=O) groups is 4. The van der Waals surface area contributed by atoms with Gasteiger partial charge in [0.1, 0.15) is 5.54 Å². The third-order valence-electron chi connectivity index (χ3n) is 7.24. The van der Waals surface area contributed by atoms with E-state index in [0.717, 1.165) is 11.1 Å². The van der Waals surface area contributed by atoms with Crippen molar-refractivity contribution in [3.8, 4) is 0 Å². The maximum Gasteiger partial charge on any atom is 0.308 e. The number of hydrogen-bond donors (Lipinski definition) is 1. The van der Waals surface area contributed by atoms with Crippen molar-refractivity contribution in [3.63, 3.8) is 0 Å². The second-order valence-electron chi connectivity index (χ2n) is 9.06. The zero-order valence-corrected chi connectivity index (χ0v) is 19.2. The topological polar surface area (TPSA) is 96.0 Å². The summed E-state index contributed by atoms with van der Waals surface area (Å²) < 4.78 is 5.22. The van der Waals surface area contributed by atoms with Crippen LogP contribution in [-0.2, 0) is 23.9 Å². The highest BCUT2D eigenvalue weighted by atomic mass is 16.5. The predicted octanol–water partition coefficient (Wildman–Crippen LogP) is 1.98. The van der Waals surface area contributed by atoms with Crippen molar-refractivity contribution in [2.24, 2.45) is 11.8 Å². The van der Waals surface area contributed by atoms with E-state index < -0.39 is 41.2 Å². The largest absolute Gasteiger partial charge is 0.466 e. The first-order valence-electron chi connectivity index (χ1n) is 11.6. The van der Waals surface area contributed by atoms with E-state index in [-0.39, 0.29) is 18.9 Å². The third kappa shape index (κ3) is 3.16. The number of carbonyl (C=O) groups excluding carboxylic acids is 4. The number of esters is 1. The molecule has 3 saturated heterocycles. The first-order chi connectivity index (χ1) is 16.4. The Morgan fingerprint density at radius 3 is 2.44 bits per heavy atom. The van der Waals surface area contributed by atoms with Gasteiger partial charge in [-0.25, -0.2) is 4.90 Å². The number of nitrogens with one attached hydrogen (secondary N) is 1. The average molecular weight is 462 g/mol. The van der Waals surface area contributed by atoms with Gasteiger partial charge in [0, 0.05) is 19.1 Å². The van der Waals surface area contributed by atoms with Crippen molar-refractivity contribution in [1.82, 2.24) is 10.2 Å². The van der Waals surface area contributed by atoms with Crippen LogP contribution in [0.4, 0.5) is 5.69 Å². The van der Waals surface area contributed by atoms with Crippen molar-refractivity contribution in [2.75, 3.05) is 24.6 Å². The molecular weight excluding hydrogens is 434 g/mol. The highest BCUT2D eigenvalue weighted by Crippen LogP contribution is 2.57. The van der Waals surface area contributed by atoms with Crippen LogP contribution in [-0.4, -0.2) is 53.8 Å². The standard InChI is InChI=1S/C26H27N3O5/c1-3-34-19(30)15-26-21-20(23(31)29(24(21)32)18-11-9-16(2)10-12-18)22(17-7-5-4-6-8-17)28(26)14-13-27-25(26)33/h4-12,20-22H,3,13-15H2,1-2H3,(H,27,33)/t20-,21+,22+,26-/m0/s1. The fourth-order valence-corrected chi connectivity index (χ4v) is 5.90. The lowest BCUT2D eigenvalue weighted by Crippen LogP contribution is -2.67. The molecule has 34 heavy (non-hydrogen) atoms. The predicted molar refractivity (Wildman–Crippen MR) is 124 cm³/mol. The molecule has 0 unspecified atom stereocenters. The number of nitrogens with zero attached hydrogens (tertiary/aromatic N) is 2. The number of rotatable bonds is 5. The van der Waals surface area contributed by atoms with Crippen LogP contribution < -0.4 is 10.2 Å². The maximum atomic E-state index is 14.0. The monoisotopic (exact) mass is 461 g/mol. The van der Waals surface area contributed by atoms with Gasteiger partial charge < -0.3 is 10.1 Å². The lowest BCUT2D eigenvalue weighted by Gasteiger charge is -2.45. The SMILES string of the molecule is CCOC(=O)C[C@]12C(=O)NCCN1[C@H](c1ccccc1)[C@H]1C(=O)N(c3ccc(C)cc3)C(=O)[C@@H]12.